The van der Waals surface area contributed by atoms with Crippen LogP contribution < -0.4 is 5.32 Å². The summed E-state index contributed by atoms with van der Waals surface area (Å²) >= 11 is 0. The summed E-state index contributed by atoms with van der Waals surface area (Å²) in [5, 5.41) is 6.56. The highest BCUT2D eigenvalue weighted by molar-refractivity contribution is 5.77. The first kappa shape index (κ1) is 13.2. The molecule has 6 nitrogen and oxygen atoms in total. The van der Waals surface area contributed by atoms with Crippen molar-refractivity contribution < 1.29 is 14.1 Å². The Morgan fingerprint density at radius 3 is 2.89 bits per heavy atom. The van der Waals surface area contributed by atoms with Crippen LogP contribution in [0.3, 0.4) is 0 Å². The van der Waals surface area contributed by atoms with Gasteiger partial charge in [-0.05, 0) is 12.1 Å². The van der Waals surface area contributed by atoms with Crippen LogP contribution in [0.1, 0.15) is 5.82 Å². The SMILES string of the molecule is COCC(=O)NCCc1noc(-c2ccccc2)n1. The van der Waals surface area contributed by atoms with Gasteiger partial charge in [-0.3, -0.25) is 4.79 Å². The van der Waals surface area contributed by atoms with E-state index in [0.29, 0.717) is 24.7 Å². The summed E-state index contributed by atoms with van der Waals surface area (Å²) in [6, 6.07) is 9.54. The van der Waals surface area contributed by atoms with Gasteiger partial charge in [-0.1, -0.05) is 23.4 Å². The van der Waals surface area contributed by atoms with E-state index in [2.05, 4.69) is 15.5 Å². The Morgan fingerprint density at radius 1 is 1.37 bits per heavy atom. The second kappa shape index (κ2) is 6.65. The second-order valence-corrected chi connectivity index (χ2v) is 3.91. The van der Waals surface area contributed by atoms with Gasteiger partial charge in [0.15, 0.2) is 5.82 Å². The molecule has 0 fully saturated rings. The highest BCUT2D eigenvalue weighted by Gasteiger charge is 2.08. The fraction of sp³-hybridized carbons (Fsp3) is 0.308. The van der Waals surface area contributed by atoms with Crippen molar-refractivity contribution in [3.8, 4) is 11.5 Å². The van der Waals surface area contributed by atoms with Crippen LogP contribution in [0.25, 0.3) is 11.5 Å². The Balaban J connectivity index is 1.86. The Labute approximate surface area is 110 Å². The summed E-state index contributed by atoms with van der Waals surface area (Å²) in [7, 11) is 1.48. The van der Waals surface area contributed by atoms with Crippen molar-refractivity contribution in [3.63, 3.8) is 0 Å². The minimum absolute atomic E-state index is 0.0571. The third kappa shape index (κ3) is 3.89. The molecular weight excluding hydrogens is 246 g/mol. The molecule has 0 radical (unpaired) electrons. The topological polar surface area (TPSA) is 77.2 Å². The lowest BCUT2D eigenvalue weighted by atomic mass is 10.2. The molecule has 1 amide bonds. The van der Waals surface area contributed by atoms with Crippen molar-refractivity contribution in [3.05, 3.63) is 36.2 Å². The van der Waals surface area contributed by atoms with E-state index in [1.807, 2.05) is 30.3 Å². The van der Waals surface area contributed by atoms with Gasteiger partial charge in [-0.15, -0.1) is 0 Å². The van der Waals surface area contributed by atoms with Crippen LogP contribution >= 0.6 is 0 Å². The van der Waals surface area contributed by atoms with E-state index in [1.165, 1.54) is 7.11 Å². The zero-order valence-electron chi connectivity index (χ0n) is 10.6. The van der Waals surface area contributed by atoms with Crippen LogP contribution in [0.15, 0.2) is 34.9 Å². The molecule has 2 aromatic rings. The maximum absolute atomic E-state index is 11.2. The van der Waals surface area contributed by atoms with Gasteiger partial charge in [-0.25, -0.2) is 0 Å². The van der Waals surface area contributed by atoms with Crippen molar-refractivity contribution in [1.82, 2.24) is 15.5 Å². The molecule has 0 saturated carbocycles. The summed E-state index contributed by atoms with van der Waals surface area (Å²) in [5.41, 5.74) is 0.879. The summed E-state index contributed by atoms with van der Waals surface area (Å²) < 4.78 is 9.86. The van der Waals surface area contributed by atoms with Gasteiger partial charge in [0.1, 0.15) is 6.61 Å². The minimum atomic E-state index is -0.158. The number of benzene rings is 1. The highest BCUT2D eigenvalue weighted by atomic mass is 16.5. The molecule has 0 aliphatic carbocycles. The third-order valence-corrected chi connectivity index (χ3v) is 2.44. The molecule has 1 aromatic heterocycles. The minimum Gasteiger partial charge on any atom is -0.375 e. The van der Waals surface area contributed by atoms with Gasteiger partial charge in [0.2, 0.25) is 5.91 Å². The lowest BCUT2D eigenvalue weighted by Gasteiger charge is -2.01. The predicted molar refractivity (Wildman–Crippen MR) is 68.3 cm³/mol. The molecule has 1 aromatic carbocycles. The average molecular weight is 261 g/mol. The van der Waals surface area contributed by atoms with Crippen molar-refractivity contribution in [2.24, 2.45) is 0 Å². The summed E-state index contributed by atoms with van der Waals surface area (Å²) in [6.07, 6.45) is 0.520. The number of hydrogen-bond acceptors (Lipinski definition) is 5. The van der Waals surface area contributed by atoms with E-state index in [-0.39, 0.29) is 12.5 Å². The number of nitrogens with one attached hydrogen (secondary N) is 1. The van der Waals surface area contributed by atoms with Gasteiger partial charge in [0.25, 0.3) is 5.89 Å². The normalized spacial score (nSPS) is 10.4. The number of ether oxygens (including phenoxy) is 1. The number of methoxy groups -OCH3 is 1. The van der Waals surface area contributed by atoms with E-state index in [4.69, 9.17) is 9.26 Å². The fourth-order valence-corrected chi connectivity index (χ4v) is 1.55. The molecule has 1 heterocycles. The lowest BCUT2D eigenvalue weighted by Crippen LogP contribution is -2.29. The number of nitrogens with zero attached hydrogens (tertiary/aromatic N) is 2. The molecule has 0 unspecified atom stereocenters. The third-order valence-electron chi connectivity index (χ3n) is 2.44. The molecule has 0 spiro atoms. The predicted octanol–water partition coefficient (Wildman–Crippen LogP) is 1.04. The summed E-state index contributed by atoms with van der Waals surface area (Å²) in [4.78, 5) is 15.4. The number of aromatic nitrogens is 2. The summed E-state index contributed by atoms with van der Waals surface area (Å²) in [5.74, 6) is 0.893. The second-order valence-electron chi connectivity index (χ2n) is 3.91. The smallest absolute Gasteiger partial charge is 0.257 e. The van der Waals surface area contributed by atoms with Gasteiger partial charge in [-0.2, -0.15) is 4.98 Å². The Bertz CT molecular complexity index is 525. The van der Waals surface area contributed by atoms with E-state index in [1.54, 1.807) is 0 Å². The van der Waals surface area contributed by atoms with Crippen LogP contribution in [0.2, 0.25) is 0 Å². The Kier molecular flexibility index (Phi) is 4.63. The fourth-order valence-electron chi connectivity index (χ4n) is 1.55. The maximum Gasteiger partial charge on any atom is 0.257 e. The molecule has 0 saturated heterocycles. The van der Waals surface area contributed by atoms with E-state index < -0.39 is 0 Å². The largest absolute Gasteiger partial charge is 0.375 e. The van der Waals surface area contributed by atoms with Gasteiger partial charge < -0.3 is 14.6 Å². The molecule has 100 valence electrons. The quantitative estimate of drug-likeness (QED) is 0.840. The highest BCUT2D eigenvalue weighted by Crippen LogP contribution is 2.15. The first-order valence-electron chi connectivity index (χ1n) is 5.93. The molecular formula is C13H15N3O3. The average Bonchev–Trinajstić information content (AvgIpc) is 2.89. The van der Waals surface area contributed by atoms with Crippen molar-refractivity contribution in [2.75, 3.05) is 20.3 Å². The van der Waals surface area contributed by atoms with Crippen LogP contribution in [0, 0.1) is 0 Å². The van der Waals surface area contributed by atoms with Gasteiger partial charge in [0.05, 0.1) is 0 Å². The Hall–Kier alpha value is -2.21. The standard InChI is InChI=1S/C13H15N3O3/c1-18-9-12(17)14-8-7-11-15-13(19-16-11)10-5-3-2-4-6-10/h2-6H,7-9H2,1H3,(H,14,17). The molecule has 19 heavy (non-hydrogen) atoms. The van der Waals surface area contributed by atoms with Crippen LogP contribution in [-0.4, -0.2) is 36.3 Å². The number of hydrogen-bond donors (Lipinski definition) is 1. The lowest BCUT2D eigenvalue weighted by molar-refractivity contribution is -0.124. The molecule has 0 aliphatic heterocycles. The zero-order chi connectivity index (χ0) is 13.5. The zero-order valence-corrected chi connectivity index (χ0v) is 10.6. The first-order chi connectivity index (χ1) is 9.29. The first-order valence-corrected chi connectivity index (χ1v) is 5.93. The number of carbonyl (C=O) groups excluding carboxylic acids is 1. The van der Waals surface area contributed by atoms with Crippen molar-refractivity contribution in [2.45, 2.75) is 6.42 Å². The monoisotopic (exact) mass is 261 g/mol. The van der Waals surface area contributed by atoms with Crippen LogP contribution in [0.5, 0.6) is 0 Å². The van der Waals surface area contributed by atoms with E-state index >= 15 is 0 Å². The molecule has 0 atom stereocenters. The van der Waals surface area contributed by atoms with Gasteiger partial charge >= 0.3 is 0 Å². The molecule has 2 rings (SSSR count). The van der Waals surface area contributed by atoms with E-state index in [0.717, 1.165) is 5.56 Å². The van der Waals surface area contributed by atoms with Crippen LogP contribution in [-0.2, 0) is 16.0 Å². The van der Waals surface area contributed by atoms with Crippen LogP contribution in [0.4, 0.5) is 0 Å². The number of amides is 1. The maximum atomic E-state index is 11.2. The molecule has 0 bridgehead atoms. The molecule has 6 heteroatoms. The summed E-state index contributed by atoms with van der Waals surface area (Å²) in [6.45, 7) is 0.511. The van der Waals surface area contributed by atoms with Gasteiger partial charge in [0, 0.05) is 25.6 Å². The Morgan fingerprint density at radius 2 is 2.16 bits per heavy atom. The van der Waals surface area contributed by atoms with Crippen molar-refractivity contribution in [1.29, 1.82) is 0 Å². The van der Waals surface area contributed by atoms with E-state index in [9.17, 15) is 4.79 Å². The number of rotatable bonds is 6. The number of carbonyl (C=O) groups is 1. The molecule has 1 N–H and O–H groups in total. The molecule has 0 aliphatic rings. The van der Waals surface area contributed by atoms with Crippen molar-refractivity contribution >= 4 is 5.91 Å².